The average molecular weight is 326 g/mol. The first kappa shape index (κ1) is 18.4. The molecule has 2 rings (SSSR count). The average Bonchev–Trinajstić information content (AvgIpc) is 2.49. The molecule has 5 atom stereocenters. The summed E-state index contributed by atoms with van der Waals surface area (Å²) in [4.78, 5) is 11.8. The van der Waals surface area contributed by atoms with Crippen LogP contribution < -0.4 is 0 Å². The van der Waals surface area contributed by atoms with E-state index in [1.165, 1.54) is 32.8 Å². The Labute approximate surface area is 139 Å². The van der Waals surface area contributed by atoms with Gasteiger partial charge in [-0.25, -0.2) is 4.79 Å². The third-order valence-electron chi connectivity index (χ3n) is 5.02. The zero-order valence-corrected chi connectivity index (χ0v) is 14.6. The summed E-state index contributed by atoms with van der Waals surface area (Å²) in [6, 6.07) is 0. The largest absolute Gasteiger partial charge is 0.435 e. The number of methoxy groups -OCH3 is 1. The van der Waals surface area contributed by atoms with Gasteiger partial charge in [0.1, 0.15) is 6.79 Å². The lowest BCUT2D eigenvalue weighted by molar-refractivity contribution is -0.171. The van der Waals surface area contributed by atoms with Gasteiger partial charge in [-0.2, -0.15) is 0 Å². The highest BCUT2D eigenvalue weighted by atomic mass is 16.7. The molecule has 0 radical (unpaired) electrons. The van der Waals surface area contributed by atoms with Crippen LogP contribution in [-0.4, -0.2) is 39.4 Å². The number of carbonyl (C=O) groups is 1. The van der Waals surface area contributed by atoms with Crippen LogP contribution in [0.15, 0.2) is 12.2 Å². The maximum Gasteiger partial charge on any atom is 0.337 e. The lowest BCUT2D eigenvalue weighted by Crippen LogP contribution is -2.42. The molecule has 23 heavy (non-hydrogen) atoms. The third kappa shape index (κ3) is 5.30. The Morgan fingerprint density at radius 2 is 1.91 bits per heavy atom. The molecule has 0 aromatic carbocycles. The van der Waals surface area contributed by atoms with E-state index < -0.39 is 5.97 Å². The topological polar surface area (TPSA) is 54.0 Å². The van der Waals surface area contributed by atoms with Crippen molar-refractivity contribution in [3.8, 4) is 0 Å². The fourth-order valence-electron chi connectivity index (χ4n) is 4.26. The fraction of sp³-hybridized carbons (Fsp3) is 0.833. The van der Waals surface area contributed by atoms with Crippen molar-refractivity contribution in [3.05, 3.63) is 12.2 Å². The summed E-state index contributed by atoms with van der Waals surface area (Å²) in [6.07, 6.45) is 5.24. The van der Waals surface area contributed by atoms with Gasteiger partial charge in [0, 0.05) is 7.11 Å². The smallest absolute Gasteiger partial charge is 0.337 e. The maximum atomic E-state index is 11.8. The third-order valence-corrected chi connectivity index (χ3v) is 5.02. The Hall–Kier alpha value is -0.910. The van der Waals surface area contributed by atoms with Crippen molar-refractivity contribution < 1.29 is 23.7 Å². The zero-order chi connectivity index (χ0) is 16.8. The van der Waals surface area contributed by atoms with E-state index in [9.17, 15) is 4.79 Å². The predicted octanol–water partition coefficient (Wildman–Crippen LogP) is 3.14. The van der Waals surface area contributed by atoms with Crippen LogP contribution in [0.4, 0.5) is 0 Å². The summed E-state index contributed by atoms with van der Waals surface area (Å²) in [5.74, 6) is 2.27. The first-order valence-corrected chi connectivity index (χ1v) is 8.54. The van der Waals surface area contributed by atoms with Crippen molar-refractivity contribution in [1.29, 1.82) is 0 Å². The molecule has 5 nitrogen and oxygen atoms in total. The lowest BCUT2D eigenvalue weighted by atomic mass is 9.64. The van der Waals surface area contributed by atoms with Crippen LogP contribution in [0.5, 0.6) is 0 Å². The summed E-state index contributed by atoms with van der Waals surface area (Å²) < 4.78 is 20.9. The molecule has 2 saturated carbocycles. The number of carbonyl (C=O) groups excluding carboxylic acids is 1. The van der Waals surface area contributed by atoms with Gasteiger partial charge >= 0.3 is 5.97 Å². The van der Waals surface area contributed by atoms with Gasteiger partial charge in [0.2, 0.25) is 0 Å². The second kappa shape index (κ2) is 8.81. The van der Waals surface area contributed by atoms with Crippen LogP contribution in [-0.2, 0) is 23.7 Å². The number of hydrogen-bond acceptors (Lipinski definition) is 5. The Kier molecular flexibility index (Phi) is 7.06. The Morgan fingerprint density at radius 3 is 2.65 bits per heavy atom. The van der Waals surface area contributed by atoms with E-state index in [2.05, 4.69) is 20.4 Å². The van der Waals surface area contributed by atoms with E-state index in [4.69, 9.17) is 18.9 Å². The van der Waals surface area contributed by atoms with Gasteiger partial charge in [-0.05, 0) is 49.4 Å². The molecule has 2 aliphatic rings. The highest BCUT2D eigenvalue weighted by molar-refractivity contribution is 5.87. The number of ether oxygens (including phenoxy) is 4. The minimum atomic E-state index is -0.473. The first-order chi connectivity index (χ1) is 11.0. The second-order valence-corrected chi connectivity index (χ2v) is 7.19. The molecule has 0 aromatic heterocycles. The molecule has 2 aliphatic carbocycles. The molecular formula is C18H30O5. The van der Waals surface area contributed by atoms with Crippen molar-refractivity contribution in [3.63, 3.8) is 0 Å². The van der Waals surface area contributed by atoms with Crippen molar-refractivity contribution in [2.24, 2.45) is 23.7 Å². The van der Waals surface area contributed by atoms with Gasteiger partial charge in [-0.15, -0.1) is 0 Å². The fourth-order valence-corrected chi connectivity index (χ4v) is 4.26. The summed E-state index contributed by atoms with van der Waals surface area (Å²) in [7, 11) is 1.52. The summed E-state index contributed by atoms with van der Waals surface area (Å²) in [5.41, 5.74) is 0.272. The van der Waals surface area contributed by atoms with Gasteiger partial charge in [-0.1, -0.05) is 20.4 Å². The molecule has 0 aromatic rings. The van der Waals surface area contributed by atoms with Crippen LogP contribution in [0.1, 0.15) is 39.5 Å². The predicted molar refractivity (Wildman–Crippen MR) is 86.6 cm³/mol. The monoisotopic (exact) mass is 326 g/mol. The van der Waals surface area contributed by atoms with Gasteiger partial charge < -0.3 is 18.9 Å². The highest BCUT2D eigenvalue weighted by Gasteiger charge is 2.40. The molecule has 0 N–H and O–H groups in total. The standard InChI is InChI=1S/C18H30O5/c1-12-5-15-7-13(2)17(16(6-12)8-15)22-11-23-18(19)14(3)9-21-10-20-4/h12-13,15-17H,3,5-11H2,1-2,4H3/t12?,13-,15?,16?,17?/m1/s1. The molecule has 0 saturated heterocycles. The van der Waals surface area contributed by atoms with E-state index in [-0.39, 0.29) is 31.9 Å². The van der Waals surface area contributed by atoms with Crippen molar-refractivity contribution >= 4 is 5.97 Å². The second-order valence-electron chi connectivity index (χ2n) is 7.19. The van der Waals surface area contributed by atoms with Gasteiger partial charge in [0.05, 0.1) is 18.3 Å². The summed E-state index contributed by atoms with van der Waals surface area (Å²) >= 11 is 0. The Bertz CT molecular complexity index is 404. The van der Waals surface area contributed by atoms with Crippen LogP contribution in [0, 0.1) is 23.7 Å². The van der Waals surface area contributed by atoms with E-state index >= 15 is 0 Å². The Balaban J connectivity index is 1.72. The first-order valence-electron chi connectivity index (χ1n) is 8.54. The van der Waals surface area contributed by atoms with E-state index in [0.717, 1.165) is 11.8 Å². The quantitative estimate of drug-likeness (QED) is 0.297. The van der Waals surface area contributed by atoms with Crippen molar-refractivity contribution in [2.75, 3.05) is 27.3 Å². The summed E-state index contributed by atoms with van der Waals surface area (Å²) in [6.45, 7) is 8.46. The van der Waals surface area contributed by atoms with E-state index in [0.29, 0.717) is 11.8 Å². The zero-order valence-electron chi connectivity index (χ0n) is 14.6. The van der Waals surface area contributed by atoms with Crippen LogP contribution >= 0.6 is 0 Å². The summed E-state index contributed by atoms with van der Waals surface area (Å²) in [5, 5.41) is 0. The lowest BCUT2D eigenvalue weighted by Gasteiger charge is -2.45. The molecule has 0 spiro atoms. The van der Waals surface area contributed by atoms with Crippen LogP contribution in [0.2, 0.25) is 0 Å². The molecule has 4 unspecified atom stereocenters. The Morgan fingerprint density at radius 1 is 1.13 bits per heavy atom. The van der Waals surface area contributed by atoms with Crippen LogP contribution in [0.25, 0.3) is 0 Å². The number of rotatable bonds is 8. The van der Waals surface area contributed by atoms with Gasteiger partial charge in [0.15, 0.2) is 6.79 Å². The highest BCUT2D eigenvalue weighted by Crippen LogP contribution is 2.45. The molecule has 5 heteroatoms. The maximum absolute atomic E-state index is 11.8. The SMILES string of the molecule is C=C(COCOC)C(=O)OCOC1C2CC(C)CC(C2)C[C@H]1C. The molecule has 0 heterocycles. The minimum absolute atomic E-state index is 0.00726. The number of hydrogen-bond donors (Lipinski definition) is 0. The molecule has 0 amide bonds. The van der Waals surface area contributed by atoms with E-state index in [1.807, 2.05) is 0 Å². The number of esters is 1. The number of fused-ring (bicyclic) bond motifs is 2. The van der Waals surface area contributed by atoms with Crippen molar-refractivity contribution in [2.45, 2.75) is 45.6 Å². The minimum Gasteiger partial charge on any atom is -0.435 e. The molecule has 2 bridgehead atoms. The van der Waals surface area contributed by atoms with Crippen LogP contribution in [0.3, 0.4) is 0 Å². The van der Waals surface area contributed by atoms with Crippen molar-refractivity contribution in [1.82, 2.24) is 0 Å². The van der Waals surface area contributed by atoms with Gasteiger partial charge in [-0.3, -0.25) is 0 Å². The van der Waals surface area contributed by atoms with Gasteiger partial charge in [0.25, 0.3) is 0 Å². The molecular weight excluding hydrogens is 296 g/mol. The normalized spacial score (nSPS) is 33.3. The molecule has 132 valence electrons. The van der Waals surface area contributed by atoms with E-state index in [1.54, 1.807) is 0 Å². The molecule has 0 aliphatic heterocycles. The molecule has 2 fully saturated rings.